The van der Waals surface area contributed by atoms with Crippen molar-refractivity contribution in [1.29, 1.82) is 0 Å². The van der Waals surface area contributed by atoms with Gasteiger partial charge in [-0.3, -0.25) is 4.79 Å². The Hall–Kier alpha value is -3.41. The Morgan fingerprint density at radius 1 is 0.870 bits per heavy atom. The molecule has 0 bridgehead atoms. The highest BCUT2D eigenvalue weighted by atomic mass is 16.3. The van der Waals surface area contributed by atoms with Crippen molar-refractivity contribution in [3.63, 3.8) is 0 Å². The molecule has 0 amide bonds. The molecule has 0 atom stereocenters. The van der Waals surface area contributed by atoms with E-state index in [1.165, 1.54) is 36.4 Å². The van der Waals surface area contributed by atoms with E-state index in [9.17, 15) is 30.3 Å². The third kappa shape index (κ3) is 4.04. The first-order valence-electron chi connectivity index (χ1n) is 6.54. The van der Waals surface area contributed by atoms with Crippen LogP contribution in [0.15, 0.2) is 48.6 Å². The van der Waals surface area contributed by atoms with E-state index in [0.29, 0.717) is 0 Å². The second kappa shape index (κ2) is 6.57. The van der Waals surface area contributed by atoms with Gasteiger partial charge in [0.15, 0.2) is 5.78 Å². The number of carbonyl (C=O) groups excluding carboxylic acids is 1. The minimum atomic E-state index is -0.618. The van der Waals surface area contributed by atoms with Crippen LogP contribution in [0.25, 0.3) is 11.8 Å². The molecule has 118 valence electrons. The van der Waals surface area contributed by atoms with Crippen molar-refractivity contribution in [3.05, 3.63) is 59.7 Å². The fraction of sp³-hybridized carbons (Fsp3) is 0. The minimum absolute atomic E-state index is 0.0713. The van der Waals surface area contributed by atoms with Gasteiger partial charge in [-0.25, -0.2) is 0 Å². The minimum Gasteiger partial charge on any atom is -0.508 e. The Morgan fingerprint density at radius 2 is 1.48 bits per heavy atom. The smallest absolute Gasteiger partial charge is 0.182 e. The number of aliphatic hydroxyl groups is 1. The van der Waals surface area contributed by atoms with Crippen LogP contribution >= 0.6 is 0 Å². The standard InChI is InChI=1S/C17H14O6/c18-11-3-5-15(21)10(7-11)1-2-13(20)9-17(23)14-8-12(19)4-6-16(14)22/h1-9,18-19,21-23H/b2-1+,17-9-. The van der Waals surface area contributed by atoms with Gasteiger partial charge in [0.25, 0.3) is 0 Å². The summed E-state index contributed by atoms with van der Waals surface area (Å²) in [7, 11) is 0. The van der Waals surface area contributed by atoms with E-state index in [-0.39, 0.29) is 34.1 Å². The molecule has 0 saturated heterocycles. The third-order valence-electron chi connectivity index (χ3n) is 2.97. The summed E-state index contributed by atoms with van der Waals surface area (Å²) in [5.74, 6) is -1.80. The van der Waals surface area contributed by atoms with Gasteiger partial charge < -0.3 is 25.5 Å². The zero-order chi connectivity index (χ0) is 17.0. The number of aromatic hydroxyl groups is 4. The largest absolute Gasteiger partial charge is 0.508 e. The topological polar surface area (TPSA) is 118 Å². The molecule has 0 aromatic heterocycles. The van der Waals surface area contributed by atoms with Gasteiger partial charge in [-0.1, -0.05) is 0 Å². The summed E-state index contributed by atoms with van der Waals surface area (Å²) >= 11 is 0. The molecule has 0 unspecified atom stereocenters. The van der Waals surface area contributed by atoms with Gasteiger partial charge in [-0.15, -0.1) is 0 Å². The molecule has 6 nitrogen and oxygen atoms in total. The molecule has 0 spiro atoms. The summed E-state index contributed by atoms with van der Waals surface area (Å²) in [6.45, 7) is 0. The molecule has 2 aromatic carbocycles. The number of hydrogen-bond donors (Lipinski definition) is 5. The van der Waals surface area contributed by atoms with Crippen molar-refractivity contribution < 1.29 is 30.3 Å². The van der Waals surface area contributed by atoms with E-state index < -0.39 is 11.5 Å². The van der Waals surface area contributed by atoms with Gasteiger partial charge in [-0.05, 0) is 48.6 Å². The van der Waals surface area contributed by atoms with Crippen LogP contribution in [-0.4, -0.2) is 31.3 Å². The summed E-state index contributed by atoms with van der Waals surface area (Å²) in [5.41, 5.74) is 0.137. The summed E-state index contributed by atoms with van der Waals surface area (Å²) < 4.78 is 0. The molecule has 0 fully saturated rings. The summed E-state index contributed by atoms with van der Waals surface area (Å²) in [6, 6.07) is 7.36. The summed E-state index contributed by atoms with van der Waals surface area (Å²) in [6.07, 6.45) is 3.19. The van der Waals surface area contributed by atoms with Crippen molar-refractivity contribution in [3.8, 4) is 23.0 Å². The Labute approximate surface area is 131 Å². The van der Waals surface area contributed by atoms with Crippen LogP contribution in [0.5, 0.6) is 23.0 Å². The Bertz CT molecular complexity index is 805. The molecule has 0 aliphatic carbocycles. The normalized spacial score (nSPS) is 11.7. The monoisotopic (exact) mass is 314 g/mol. The van der Waals surface area contributed by atoms with E-state index in [0.717, 1.165) is 18.2 Å². The molecule has 0 aliphatic heterocycles. The predicted molar refractivity (Wildman–Crippen MR) is 84.2 cm³/mol. The van der Waals surface area contributed by atoms with Gasteiger partial charge in [0.05, 0.1) is 5.56 Å². The lowest BCUT2D eigenvalue weighted by Gasteiger charge is -2.03. The van der Waals surface area contributed by atoms with Crippen molar-refractivity contribution in [1.82, 2.24) is 0 Å². The molecular formula is C17H14O6. The number of aliphatic hydroxyl groups excluding tert-OH is 1. The molecule has 0 aliphatic rings. The second-order valence-electron chi connectivity index (χ2n) is 4.71. The first-order chi connectivity index (χ1) is 10.9. The Kier molecular flexibility index (Phi) is 4.56. The van der Waals surface area contributed by atoms with Crippen LogP contribution in [0, 0.1) is 0 Å². The lowest BCUT2D eigenvalue weighted by molar-refractivity contribution is -0.110. The number of benzene rings is 2. The zero-order valence-electron chi connectivity index (χ0n) is 11.8. The molecule has 0 radical (unpaired) electrons. The third-order valence-corrected chi connectivity index (χ3v) is 2.97. The maximum Gasteiger partial charge on any atom is 0.182 e. The van der Waals surface area contributed by atoms with Crippen molar-refractivity contribution in [2.24, 2.45) is 0 Å². The SMILES string of the molecule is O=C(/C=C(\O)c1cc(O)ccc1O)/C=C/c1cc(O)ccc1O. The van der Waals surface area contributed by atoms with Gasteiger partial charge in [0, 0.05) is 11.6 Å². The van der Waals surface area contributed by atoms with E-state index in [4.69, 9.17) is 0 Å². The lowest BCUT2D eigenvalue weighted by Crippen LogP contribution is -1.91. The number of hydrogen-bond acceptors (Lipinski definition) is 6. The van der Waals surface area contributed by atoms with E-state index in [1.807, 2.05) is 0 Å². The second-order valence-corrected chi connectivity index (χ2v) is 4.71. The van der Waals surface area contributed by atoms with Gasteiger partial charge in [-0.2, -0.15) is 0 Å². The zero-order valence-corrected chi connectivity index (χ0v) is 11.8. The first-order valence-corrected chi connectivity index (χ1v) is 6.54. The van der Waals surface area contributed by atoms with Gasteiger partial charge >= 0.3 is 0 Å². The number of ketones is 1. The maximum atomic E-state index is 11.8. The van der Waals surface area contributed by atoms with Crippen LogP contribution in [0.3, 0.4) is 0 Å². The molecular weight excluding hydrogens is 300 g/mol. The van der Waals surface area contributed by atoms with Crippen LogP contribution in [0.1, 0.15) is 11.1 Å². The molecule has 2 aromatic rings. The molecule has 6 heteroatoms. The predicted octanol–water partition coefficient (Wildman–Crippen LogP) is 2.69. The number of allylic oxidation sites excluding steroid dienone is 2. The average molecular weight is 314 g/mol. The highest BCUT2D eigenvalue weighted by molar-refractivity contribution is 6.05. The van der Waals surface area contributed by atoms with Crippen LogP contribution < -0.4 is 0 Å². The number of rotatable bonds is 4. The van der Waals surface area contributed by atoms with Gasteiger partial charge in [0.2, 0.25) is 0 Å². The van der Waals surface area contributed by atoms with Crippen molar-refractivity contribution >= 4 is 17.6 Å². The maximum absolute atomic E-state index is 11.8. The fourth-order valence-corrected chi connectivity index (χ4v) is 1.84. The number of phenolic OH excluding ortho intramolecular Hbond substituents is 4. The number of phenols is 4. The van der Waals surface area contributed by atoms with Crippen molar-refractivity contribution in [2.45, 2.75) is 0 Å². The molecule has 23 heavy (non-hydrogen) atoms. The highest BCUT2D eigenvalue weighted by Crippen LogP contribution is 2.27. The molecule has 0 saturated carbocycles. The van der Waals surface area contributed by atoms with Gasteiger partial charge in [0.1, 0.15) is 28.8 Å². The Balaban J connectivity index is 2.22. The van der Waals surface area contributed by atoms with E-state index in [2.05, 4.69) is 0 Å². The molecule has 5 N–H and O–H groups in total. The quantitative estimate of drug-likeness (QED) is 0.336. The Morgan fingerprint density at radius 3 is 2.17 bits per heavy atom. The average Bonchev–Trinajstić information content (AvgIpc) is 2.50. The molecule has 2 rings (SSSR count). The fourth-order valence-electron chi connectivity index (χ4n) is 1.84. The van der Waals surface area contributed by atoms with Crippen LogP contribution in [0.4, 0.5) is 0 Å². The van der Waals surface area contributed by atoms with Crippen LogP contribution in [0.2, 0.25) is 0 Å². The van der Waals surface area contributed by atoms with Crippen LogP contribution in [-0.2, 0) is 4.79 Å². The highest BCUT2D eigenvalue weighted by Gasteiger charge is 2.08. The lowest BCUT2D eigenvalue weighted by atomic mass is 10.1. The number of carbonyl (C=O) groups is 1. The first kappa shape index (κ1) is 16.0. The van der Waals surface area contributed by atoms with Crippen molar-refractivity contribution in [2.75, 3.05) is 0 Å². The summed E-state index contributed by atoms with van der Waals surface area (Å²) in [5, 5.41) is 47.7. The van der Waals surface area contributed by atoms with E-state index >= 15 is 0 Å². The van der Waals surface area contributed by atoms with E-state index in [1.54, 1.807) is 0 Å². The molecule has 0 heterocycles. The summed E-state index contributed by atoms with van der Waals surface area (Å²) in [4.78, 5) is 11.8.